The highest BCUT2D eigenvalue weighted by Crippen LogP contribution is 2.43. The molecule has 0 N–H and O–H groups in total. The van der Waals surface area contributed by atoms with Crippen LogP contribution in [0.5, 0.6) is 5.75 Å². The van der Waals surface area contributed by atoms with Crippen molar-refractivity contribution in [2.24, 2.45) is 0 Å². The minimum atomic E-state index is -2.24. The first-order chi connectivity index (χ1) is 25.3. The number of aromatic nitrogens is 2. The minimum Gasteiger partial charge on any atom is -0.497 e. The summed E-state index contributed by atoms with van der Waals surface area (Å²) in [7, 11) is 2.86. The molecule has 0 fully saturated rings. The summed E-state index contributed by atoms with van der Waals surface area (Å²) < 4.78 is 18.2. The molecule has 0 bridgehead atoms. The summed E-state index contributed by atoms with van der Waals surface area (Å²) in [6.07, 6.45) is -1.09. The number of benzene rings is 4. The highest BCUT2D eigenvalue weighted by atomic mass is 16.6. The molecule has 1 unspecified atom stereocenters. The van der Waals surface area contributed by atoms with Crippen LogP contribution < -0.4 is 19.4 Å². The van der Waals surface area contributed by atoms with Crippen molar-refractivity contribution in [3.63, 3.8) is 0 Å². The molecule has 2 heterocycles. The average molecular weight is 718 g/mol. The Bertz CT molecular complexity index is 2160. The van der Waals surface area contributed by atoms with Gasteiger partial charge in [0.05, 0.1) is 29.7 Å². The lowest BCUT2D eigenvalue weighted by Gasteiger charge is -2.34. The predicted molar refractivity (Wildman–Crippen MR) is 203 cm³/mol. The molecule has 0 radical (unpaired) electrons. The molecule has 0 saturated carbocycles. The molecule has 0 spiro atoms. The summed E-state index contributed by atoms with van der Waals surface area (Å²) >= 11 is 0. The van der Waals surface area contributed by atoms with Gasteiger partial charge in [0.2, 0.25) is 11.5 Å². The van der Waals surface area contributed by atoms with Crippen LogP contribution in [0, 0.1) is 0 Å². The van der Waals surface area contributed by atoms with Gasteiger partial charge in [-0.2, -0.15) is 9.78 Å². The van der Waals surface area contributed by atoms with Gasteiger partial charge in [-0.3, -0.25) is 24.2 Å². The van der Waals surface area contributed by atoms with Crippen molar-refractivity contribution in [1.82, 2.24) is 9.78 Å². The number of methoxy groups -OCH3 is 2. The summed E-state index contributed by atoms with van der Waals surface area (Å²) in [5, 5.41) is 5.16. The maximum Gasteiger partial charge on any atom is 0.435 e. The third-order valence-electron chi connectivity index (χ3n) is 8.99. The van der Waals surface area contributed by atoms with Crippen LogP contribution in [0.25, 0.3) is 10.9 Å². The minimum absolute atomic E-state index is 0.252. The maximum absolute atomic E-state index is 15.3. The summed E-state index contributed by atoms with van der Waals surface area (Å²) in [6.45, 7) is 8.59. The fourth-order valence-corrected chi connectivity index (χ4v) is 6.60. The fraction of sp³-hybridized carbons (Fsp3) is 0.293. The van der Waals surface area contributed by atoms with Gasteiger partial charge >= 0.3 is 6.09 Å². The van der Waals surface area contributed by atoms with Crippen molar-refractivity contribution in [2.75, 3.05) is 35.5 Å². The molecule has 12 heteroatoms. The van der Waals surface area contributed by atoms with Gasteiger partial charge in [-0.05, 0) is 89.2 Å². The second-order valence-electron chi connectivity index (χ2n) is 14.0. The van der Waals surface area contributed by atoms with E-state index in [1.165, 1.54) is 16.9 Å². The zero-order valence-corrected chi connectivity index (χ0v) is 30.9. The normalized spacial score (nSPS) is 16.1. The van der Waals surface area contributed by atoms with E-state index in [9.17, 15) is 9.59 Å². The first-order valence-corrected chi connectivity index (χ1v) is 17.3. The van der Waals surface area contributed by atoms with Crippen LogP contribution in [0.1, 0.15) is 40.3 Å². The molecule has 0 saturated heterocycles. The molecule has 4 aromatic carbocycles. The Balaban J connectivity index is 1.52. The quantitative estimate of drug-likeness (QED) is 0.151. The molecule has 1 atom stereocenters. The van der Waals surface area contributed by atoms with Gasteiger partial charge in [-0.15, -0.1) is 0 Å². The lowest BCUT2D eigenvalue weighted by atomic mass is 9.92. The van der Waals surface area contributed by atoms with Gasteiger partial charge in [0, 0.05) is 36.3 Å². The first-order valence-electron chi connectivity index (χ1n) is 17.3. The molecular formula is C41H43N5O7. The summed E-state index contributed by atoms with van der Waals surface area (Å²) in [6, 6.07) is 29.7. The summed E-state index contributed by atoms with van der Waals surface area (Å²) in [5.41, 5.74) is -0.554. The van der Waals surface area contributed by atoms with Crippen LogP contribution in [-0.4, -0.2) is 71.6 Å². The van der Waals surface area contributed by atoms with Crippen LogP contribution in [0.4, 0.5) is 27.5 Å². The maximum atomic E-state index is 15.3. The number of anilines is 4. The Kier molecular flexibility index (Phi) is 10.1. The molecule has 0 aliphatic carbocycles. The Morgan fingerprint density at radius 1 is 0.811 bits per heavy atom. The van der Waals surface area contributed by atoms with Gasteiger partial charge in [0.1, 0.15) is 17.9 Å². The van der Waals surface area contributed by atoms with E-state index in [-0.39, 0.29) is 18.2 Å². The molecule has 12 nitrogen and oxygen atoms in total. The van der Waals surface area contributed by atoms with Crippen molar-refractivity contribution in [3.05, 3.63) is 109 Å². The van der Waals surface area contributed by atoms with Crippen molar-refractivity contribution in [2.45, 2.75) is 58.3 Å². The molecule has 3 amide bonds. The average Bonchev–Trinajstić information content (AvgIpc) is 3.48. The van der Waals surface area contributed by atoms with Crippen molar-refractivity contribution < 1.29 is 33.4 Å². The van der Waals surface area contributed by atoms with E-state index < -0.39 is 41.6 Å². The lowest BCUT2D eigenvalue weighted by Crippen LogP contribution is -2.60. The van der Waals surface area contributed by atoms with Crippen LogP contribution in [0.3, 0.4) is 0 Å². The van der Waals surface area contributed by atoms with E-state index in [2.05, 4.69) is 5.10 Å². The number of para-hydroxylation sites is 4. The van der Waals surface area contributed by atoms with Gasteiger partial charge in [-0.25, -0.2) is 4.79 Å². The van der Waals surface area contributed by atoms with E-state index in [0.717, 1.165) is 4.68 Å². The SMILES string of the molecule is COc1ccc(N(C(=O)CN2C(=O)C(Cc3nn(C(=O)OC(C)(C)C)c4ccccc34)(OC)C(=O)N(c3ccccc3)c3ccccc32)C(C)C)cc1. The number of amides is 3. The molecule has 5 aromatic rings. The number of ether oxygens (including phenoxy) is 3. The van der Waals surface area contributed by atoms with Crippen LogP contribution in [0.2, 0.25) is 0 Å². The topological polar surface area (TPSA) is 124 Å². The van der Waals surface area contributed by atoms with Crippen LogP contribution in [0.15, 0.2) is 103 Å². The number of hydrogen-bond acceptors (Lipinski definition) is 8. The second-order valence-corrected chi connectivity index (χ2v) is 14.0. The van der Waals surface area contributed by atoms with Crippen LogP contribution >= 0.6 is 0 Å². The molecule has 1 aliphatic rings. The zero-order valence-electron chi connectivity index (χ0n) is 30.9. The van der Waals surface area contributed by atoms with E-state index >= 15 is 9.59 Å². The van der Waals surface area contributed by atoms with E-state index in [1.54, 1.807) is 130 Å². The number of carbonyl (C=O) groups is 4. The third-order valence-corrected chi connectivity index (χ3v) is 8.99. The second kappa shape index (κ2) is 14.5. The molecule has 6 rings (SSSR count). The van der Waals surface area contributed by atoms with Crippen molar-refractivity contribution in [1.29, 1.82) is 0 Å². The number of hydrogen-bond donors (Lipinski definition) is 0. The number of nitrogens with zero attached hydrogens (tertiary/aromatic N) is 5. The standard InChI is InChI=1S/C41H43N5O7/c1-27(2)44(29-21-23-30(51-6)24-22-29)36(47)26-43-34-19-13-14-20-35(34)45(28-15-9-8-10-16-28)38(49)41(52-7,37(43)48)25-32-31-17-11-12-18-33(31)46(42-32)39(50)53-40(3,4)5/h8-24,27H,25-26H2,1-7H3. The summed E-state index contributed by atoms with van der Waals surface area (Å²) in [4.78, 5) is 62.7. The van der Waals surface area contributed by atoms with E-state index in [1.807, 2.05) is 19.9 Å². The molecular weight excluding hydrogens is 674 g/mol. The largest absolute Gasteiger partial charge is 0.497 e. The number of carbonyl (C=O) groups excluding carboxylic acids is 4. The number of fused-ring (bicyclic) bond motifs is 2. The molecule has 53 heavy (non-hydrogen) atoms. The predicted octanol–water partition coefficient (Wildman–Crippen LogP) is 6.91. The fourth-order valence-electron chi connectivity index (χ4n) is 6.60. The van der Waals surface area contributed by atoms with Gasteiger partial charge < -0.3 is 19.1 Å². The van der Waals surface area contributed by atoms with Gasteiger partial charge in [0.15, 0.2) is 0 Å². The van der Waals surface area contributed by atoms with E-state index in [0.29, 0.717) is 39.4 Å². The molecule has 274 valence electrons. The Morgan fingerprint density at radius 2 is 1.43 bits per heavy atom. The monoisotopic (exact) mass is 717 g/mol. The third kappa shape index (κ3) is 6.97. The Morgan fingerprint density at radius 3 is 2.06 bits per heavy atom. The van der Waals surface area contributed by atoms with Crippen molar-refractivity contribution in [3.8, 4) is 5.75 Å². The van der Waals surface area contributed by atoms with Gasteiger partial charge in [0.25, 0.3) is 11.8 Å². The Hall–Kier alpha value is -6.01. The highest BCUT2D eigenvalue weighted by molar-refractivity contribution is 6.26. The van der Waals surface area contributed by atoms with E-state index in [4.69, 9.17) is 14.2 Å². The number of rotatable bonds is 9. The van der Waals surface area contributed by atoms with Crippen LogP contribution in [-0.2, 0) is 30.3 Å². The zero-order chi connectivity index (χ0) is 38.1. The summed E-state index contributed by atoms with van der Waals surface area (Å²) in [5.74, 6) is -1.21. The lowest BCUT2D eigenvalue weighted by molar-refractivity contribution is -0.153. The highest BCUT2D eigenvalue weighted by Gasteiger charge is 2.55. The first kappa shape index (κ1) is 36.8. The van der Waals surface area contributed by atoms with Crippen molar-refractivity contribution >= 4 is 57.5 Å². The Labute approximate surface area is 308 Å². The van der Waals surface area contributed by atoms with Gasteiger partial charge in [-0.1, -0.05) is 48.5 Å². The molecule has 1 aromatic heterocycles. The molecule has 1 aliphatic heterocycles. The smallest absolute Gasteiger partial charge is 0.435 e.